The van der Waals surface area contributed by atoms with E-state index in [0.717, 1.165) is 24.6 Å². The van der Waals surface area contributed by atoms with Crippen LogP contribution in [0.3, 0.4) is 0 Å². The summed E-state index contributed by atoms with van der Waals surface area (Å²) in [5.41, 5.74) is 3.58. The van der Waals surface area contributed by atoms with E-state index in [2.05, 4.69) is 29.4 Å². The third kappa shape index (κ3) is 2.85. The molecule has 0 aliphatic rings. The van der Waals surface area contributed by atoms with Crippen molar-refractivity contribution >= 4 is 18.2 Å². The summed E-state index contributed by atoms with van der Waals surface area (Å²) >= 11 is 0. The van der Waals surface area contributed by atoms with Crippen molar-refractivity contribution in [3.05, 3.63) is 29.2 Å². The molecule has 100 valence electrons. The molecule has 5 nitrogen and oxygen atoms in total. The van der Waals surface area contributed by atoms with E-state index < -0.39 is 0 Å². The van der Waals surface area contributed by atoms with Crippen molar-refractivity contribution in [2.24, 2.45) is 7.05 Å². The van der Waals surface area contributed by atoms with E-state index in [-0.39, 0.29) is 12.4 Å². The first-order valence-electron chi connectivity index (χ1n) is 5.87. The molecule has 0 radical (unpaired) electrons. The molecular formula is C12H20ClN5. The fourth-order valence-electron chi connectivity index (χ4n) is 1.83. The highest BCUT2D eigenvalue weighted by molar-refractivity contribution is 5.85. The molecule has 0 atom stereocenters. The number of halogens is 1. The van der Waals surface area contributed by atoms with Crippen LogP contribution in [0.5, 0.6) is 0 Å². The van der Waals surface area contributed by atoms with Gasteiger partial charge < -0.3 is 5.32 Å². The van der Waals surface area contributed by atoms with E-state index in [9.17, 15) is 0 Å². The summed E-state index contributed by atoms with van der Waals surface area (Å²) in [6.45, 7) is 7.88. The number of rotatable bonds is 4. The third-order valence-corrected chi connectivity index (χ3v) is 3.01. The zero-order chi connectivity index (χ0) is 12.4. The summed E-state index contributed by atoms with van der Waals surface area (Å²) in [6.07, 6.45) is 1.91. The van der Waals surface area contributed by atoms with E-state index >= 15 is 0 Å². The highest BCUT2D eigenvalue weighted by atomic mass is 35.5. The van der Waals surface area contributed by atoms with Gasteiger partial charge in [-0.25, -0.2) is 0 Å². The van der Waals surface area contributed by atoms with Gasteiger partial charge in [-0.05, 0) is 26.3 Å². The molecule has 0 aromatic carbocycles. The normalized spacial score (nSPS) is 10.2. The van der Waals surface area contributed by atoms with E-state index in [1.54, 1.807) is 0 Å². The fourth-order valence-corrected chi connectivity index (χ4v) is 1.83. The van der Waals surface area contributed by atoms with Gasteiger partial charge in [0.1, 0.15) is 5.82 Å². The van der Waals surface area contributed by atoms with Crippen LogP contribution >= 0.6 is 12.4 Å². The van der Waals surface area contributed by atoms with Gasteiger partial charge in [0.05, 0.1) is 18.4 Å². The monoisotopic (exact) mass is 269 g/mol. The van der Waals surface area contributed by atoms with Gasteiger partial charge in [-0.2, -0.15) is 10.2 Å². The van der Waals surface area contributed by atoms with Gasteiger partial charge in [-0.15, -0.1) is 12.4 Å². The molecule has 0 aliphatic carbocycles. The first kappa shape index (κ1) is 14.6. The average molecular weight is 270 g/mol. The number of aryl methyl sites for hydroxylation is 4. The molecule has 0 amide bonds. The molecule has 18 heavy (non-hydrogen) atoms. The van der Waals surface area contributed by atoms with Gasteiger partial charge >= 0.3 is 0 Å². The van der Waals surface area contributed by atoms with Gasteiger partial charge in [-0.1, -0.05) is 0 Å². The van der Waals surface area contributed by atoms with Crippen LogP contribution in [0.25, 0.3) is 0 Å². The minimum atomic E-state index is 0. The number of anilines is 1. The summed E-state index contributed by atoms with van der Waals surface area (Å²) in [7, 11) is 1.95. The highest BCUT2D eigenvalue weighted by Crippen LogP contribution is 2.12. The molecule has 2 heterocycles. The van der Waals surface area contributed by atoms with E-state index in [1.807, 2.05) is 35.6 Å². The van der Waals surface area contributed by atoms with Gasteiger partial charge in [-0.3, -0.25) is 9.36 Å². The summed E-state index contributed by atoms with van der Waals surface area (Å²) in [5.74, 6) is 0.910. The molecule has 1 N–H and O–H groups in total. The maximum absolute atomic E-state index is 4.37. The molecule has 0 aliphatic heterocycles. The molecule has 0 spiro atoms. The van der Waals surface area contributed by atoms with Crippen molar-refractivity contribution in [3.63, 3.8) is 0 Å². The van der Waals surface area contributed by atoms with Crippen LogP contribution in [0.4, 0.5) is 5.82 Å². The van der Waals surface area contributed by atoms with Crippen molar-refractivity contribution in [2.45, 2.75) is 33.9 Å². The Labute approximate surface area is 114 Å². The van der Waals surface area contributed by atoms with Crippen molar-refractivity contribution in [3.8, 4) is 0 Å². The summed E-state index contributed by atoms with van der Waals surface area (Å²) in [6, 6.07) is 2.04. The van der Waals surface area contributed by atoms with Crippen molar-refractivity contribution in [1.29, 1.82) is 0 Å². The van der Waals surface area contributed by atoms with Gasteiger partial charge in [0.25, 0.3) is 0 Å². The van der Waals surface area contributed by atoms with Crippen LogP contribution < -0.4 is 5.32 Å². The Kier molecular flexibility index (Phi) is 4.78. The Balaban J connectivity index is 0.00000162. The molecule has 2 aromatic heterocycles. The van der Waals surface area contributed by atoms with Crippen LogP contribution in [0.2, 0.25) is 0 Å². The predicted octanol–water partition coefficient (Wildman–Crippen LogP) is 2.29. The molecule has 0 bridgehead atoms. The second-order valence-electron chi connectivity index (χ2n) is 4.24. The minimum absolute atomic E-state index is 0. The van der Waals surface area contributed by atoms with Gasteiger partial charge in [0.15, 0.2) is 0 Å². The first-order valence-corrected chi connectivity index (χ1v) is 5.87. The summed E-state index contributed by atoms with van der Waals surface area (Å²) < 4.78 is 3.88. The Morgan fingerprint density at radius 3 is 2.61 bits per heavy atom. The van der Waals surface area contributed by atoms with Crippen LogP contribution in [0.1, 0.15) is 23.9 Å². The lowest BCUT2D eigenvalue weighted by Crippen LogP contribution is -2.09. The maximum atomic E-state index is 4.37. The van der Waals surface area contributed by atoms with E-state index in [1.165, 1.54) is 11.3 Å². The molecule has 0 saturated heterocycles. The number of nitrogens with one attached hydrogen (secondary N) is 1. The van der Waals surface area contributed by atoms with Crippen molar-refractivity contribution in [2.75, 3.05) is 5.32 Å². The summed E-state index contributed by atoms with van der Waals surface area (Å²) in [4.78, 5) is 0. The largest absolute Gasteiger partial charge is 0.363 e. The van der Waals surface area contributed by atoms with Crippen molar-refractivity contribution < 1.29 is 0 Å². The Bertz CT molecular complexity index is 495. The number of aromatic nitrogens is 4. The second-order valence-corrected chi connectivity index (χ2v) is 4.24. The highest BCUT2D eigenvalue weighted by Gasteiger charge is 2.07. The molecule has 0 fully saturated rings. The fraction of sp³-hybridized carbons (Fsp3) is 0.500. The topological polar surface area (TPSA) is 47.7 Å². The Morgan fingerprint density at radius 1 is 1.33 bits per heavy atom. The average Bonchev–Trinajstić information content (AvgIpc) is 2.80. The van der Waals surface area contributed by atoms with Gasteiger partial charge in [0, 0.05) is 25.4 Å². The molecule has 2 rings (SSSR count). The summed E-state index contributed by atoms with van der Waals surface area (Å²) in [5, 5.41) is 12.0. The van der Waals surface area contributed by atoms with Crippen LogP contribution in [0, 0.1) is 13.8 Å². The first-order chi connectivity index (χ1) is 8.11. The zero-order valence-electron chi connectivity index (χ0n) is 11.3. The standard InChI is InChI=1S/C12H19N5.ClH/c1-5-17-11(9(2)7-14-17)8-13-12-6-10(3)16(4)15-12;/h6-7H,5,8H2,1-4H3,(H,13,15);1H. The number of hydrogen-bond donors (Lipinski definition) is 1. The van der Waals surface area contributed by atoms with E-state index in [0.29, 0.717) is 0 Å². The molecule has 0 unspecified atom stereocenters. The molecule has 2 aromatic rings. The minimum Gasteiger partial charge on any atom is -0.363 e. The van der Waals surface area contributed by atoms with Crippen LogP contribution in [0.15, 0.2) is 12.3 Å². The lowest BCUT2D eigenvalue weighted by molar-refractivity contribution is 0.626. The molecular weight excluding hydrogens is 250 g/mol. The number of hydrogen-bond acceptors (Lipinski definition) is 3. The van der Waals surface area contributed by atoms with E-state index in [4.69, 9.17) is 0 Å². The second kappa shape index (κ2) is 5.91. The lowest BCUT2D eigenvalue weighted by atomic mass is 10.2. The van der Waals surface area contributed by atoms with Crippen molar-refractivity contribution in [1.82, 2.24) is 19.6 Å². The predicted molar refractivity (Wildman–Crippen MR) is 75.2 cm³/mol. The zero-order valence-corrected chi connectivity index (χ0v) is 12.1. The van der Waals surface area contributed by atoms with Gasteiger partial charge in [0.2, 0.25) is 0 Å². The van der Waals surface area contributed by atoms with Crippen LogP contribution in [-0.2, 0) is 20.1 Å². The Hall–Kier alpha value is -1.49. The smallest absolute Gasteiger partial charge is 0.148 e. The third-order valence-electron chi connectivity index (χ3n) is 3.01. The lowest BCUT2D eigenvalue weighted by Gasteiger charge is -2.07. The Morgan fingerprint density at radius 2 is 2.06 bits per heavy atom. The quantitative estimate of drug-likeness (QED) is 0.926. The molecule has 6 heteroatoms. The van der Waals surface area contributed by atoms with Crippen LogP contribution in [-0.4, -0.2) is 19.6 Å². The molecule has 0 saturated carbocycles. The SMILES string of the molecule is CCn1ncc(C)c1CNc1cc(C)n(C)n1.Cl. The number of nitrogens with zero attached hydrogens (tertiary/aromatic N) is 4. The maximum Gasteiger partial charge on any atom is 0.148 e.